The largest absolute Gasteiger partial charge is 0.458 e. The molecule has 0 aliphatic carbocycles. The van der Waals surface area contributed by atoms with E-state index in [-0.39, 0.29) is 78.3 Å². The number of ketones is 4. The van der Waals surface area contributed by atoms with Crippen LogP contribution >= 0.6 is 0 Å². The molecule has 2 fully saturated rings. The van der Waals surface area contributed by atoms with Crippen LogP contribution in [0.4, 0.5) is 4.39 Å². The number of ether oxygens (including phenoxy) is 8. The molecular weight excluding hydrogens is 1050 g/mol. The van der Waals surface area contributed by atoms with Crippen LogP contribution in [0.2, 0.25) is 0 Å². The minimum absolute atomic E-state index is 0.0122. The molecule has 0 aromatic heterocycles. The minimum atomic E-state index is -3.04. The van der Waals surface area contributed by atoms with Crippen molar-refractivity contribution in [2.45, 2.75) is 253 Å². The zero-order valence-electron chi connectivity index (χ0n) is 53.6. The first kappa shape index (κ1) is 71.9. The normalized spacial score (nSPS) is 44.6. The maximum absolute atomic E-state index is 16.2. The molecule has 0 radical (unpaired) electrons. The molecule has 466 valence electrons. The summed E-state index contributed by atoms with van der Waals surface area (Å²) in [6, 6.07) is 0.323. The predicted octanol–water partition coefficient (Wildman–Crippen LogP) is 7.99. The zero-order chi connectivity index (χ0) is 62.4. The number of alkyl halides is 1. The third-order valence-corrected chi connectivity index (χ3v) is 18.0. The molecule has 0 aromatic rings. The van der Waals surface area contributed by atoms with Gasteiger partial charge in [-0.25, -0.2) is 9.18 Å². The summed E-state index contributed by atoms with van der Waals surface area (Å²) >= 11 is 0. The van der Waals surface area contributed by atoms with Crippen LogP contribution in [0.3, 0.4) is 0 Å². The van der Waals surface area contributed by atoms with Gasteiger partial charge < -0.3 is 57.9 Å². The number of aliphatic hydroxyl groups is 2. The molecule has 2 N–H and O–H groups in total. The average Bonchev–Trinajstić information content (AvgIpc) is 3.38. The van der Waals surface area contributed by atoms with Gasteiger partial charge in [-0.15, -0.1) is 0 Å². The Kier molecular flexibility index (Phi) is 25.5. The summed E-state index contributed by atoms with van der Waals surface area (Å²) in [5.74, 6) is -8.30. The average molecular weight is 1150 g/mol. The molecular formula is C62H105FN2O16. The van der Waals surface area contributed by atoms with Crippen LogP contribution in [0.25, 0.3) is 0 Å². The second-order valence-corrected chi connectivity index (χ2v) is 25.8. The number of hydrogen-bond acceptors (Lipinski definition) is 18. The van der Waals surface area contributed by atoms with E-state index in [4.69, 9.17) is 37.9 Å². The maximum atomic E-state index is 16.2. The van der Waals surface area contributed by atoms with E-state index in [1.54, 1.807) is 55.6 Å². The number of carbonyl (C=O) groups excluding carboxylic acids is 6. The first-order valence-corrected chi connectivity index (χ1v) is 29.3. The Bertz CT molecular complexity index is 2250. The van der Waals surface area contributed by atoms with Crippen LogP contribution in [0.5, 0.6) is 0 Å². The molecule has 81 heavy (non-hydrogen) atoms. The van der Waals surface area contributed by atoms with Gasteiger partial charge in [-0.3, -0.25) is 24.0 Å². The number of Topliss-reactive ketones (excluding diaryl/α,β-unsaturated/α-hetero) is 4. The SMILES string of the molecule is CC[C@H]1OC(=O)[C@@](C)(F)C(=O)[C@H](C)[C@@H](OC2OC(C)CC(N(C)C)C2C)[C@](C)(OC)C[C@@H](C)C(=O)/C(C)=C/[C@]1(C)O.CC[C@H]1OC(=O)[C@H](C)C(=O)[C@H](C)[C@@H](OC2OC(C)CC(N(C)C)C2C)[C@](C)(OC)C[C@@H](C)C(=O)/C(C)=C/[C@]1(C)O. The van der Waals surface area contributed by atoms with Crippen molar-refractivity contribution in [3.8, 4) is 0 Å². The van der Waals surface area contributed by atoms with E-state index < -0.39 is 112 Å². The molecule has 4 rings (SSSR count). The van der Waals surface area contributed by atoms with Gasteiger partial charge in [0.1, 0.15) is 29.3 Å². The summed E-state index contributed by atoms with van der Waals surface area (Å²) < 4.78 is 65.0. The van der Waals surface area contributed by atoms with Gasteiger partial charge >= 0.3 is 11.9 Å². The summed E-state index contributed by atoms with van der Waals surface area (Å²) in [5, 5.41) is 22.3. The van der Waals surface area contributed by atoms with E-state index >= 15 is 4.39 Å². The highest BCUT2D eigenvalue weighted by atomic mass is 19.1. The van der Waals surface area contributed by atoms with E-state index in [0.717, 1.165) is 19.8 Å². The van der Waals surface area contributed by atoms with Gasteiger partial charge in [-0.05, 0) is 159 Å². The summed E-state index contributed by atoms with van der Waals surface area (Å²) in [6.45, 7) is 30.3. The van der Waals surface area contributed by atoms with Crippen LogP contribution in [-0.4, -0.2) is 187 Å². The Balaban J connectivity index is 0.000000425. The fourth-order valence-corrected chi connectivity index (χ4v) is 12.9. The summed E-state index contributed by atoms with van der Waals surface area (Å²) in [6.07, 6.45) is -0.408. The molecule has 2 saturated heterocycles. The second kappa shape index (κ2) is 28.7. The molecule has 4 heterocycles. The van der Waals surface area contributed by atoms with Gasteiger partial charge in [0.2, 0.25) is 0 Å². The first-order chi connectivity index (χ1) is 37.1. The third kappa shape index (κ3) is 17.0. The van der Waals surface area contributed by atoms with Gasteiger partial charge in [-0.2, -0.15) is 0 Å². The molecule has 0 aromatic carbocycles. The van der Waals surface area contributed by atoms with Gasteiger partial charge in [0.05, 0.1) is 35.6 Å². The minimum Gasteiger partial charge on any atom is -0.458 e. The van der Waals surface area contributed by atoms with E-state index in [9.17, 15) is 39.0 Å². The number of rotatable bonds is 10. The number of carbonyl (C=O) groups is 6. The van der Waals surface area contributed by atoms with E-state index in [1.807, 2.05) is 62.8 Å². The Labute approximate surface area is 484 Å². The lowest BCUT2D eigenvalue weighted by Crippen LogP contribution is -2.58. The first-order valence-electron chi connectivity index (χ1n) is 29.3. The lowest BCUT2D eigenvalue weighted by atomic mass is 9.76. The molecule has 4 aliphatic heterocycles. The fraction of sp³-hybridized carbons (Fsp3) is 0.839. The van der Waals surface area contributed by atoms with Crippen LogP contribution in [0, 0.1) is 41.4 Å². The molecule has 0 saturated carbocycles. The molecule has 19 heteroatoms. The third-order valence-electron chi connectivity index (χ3n) is 18.0. The van der Waals surface area contributed by atoms with Gasteiger partial charge in [0.25, 0.3) is 5.67 Å². The zero-order valence-corrected chi connectivity index (χ0v) is 53.6. The van der Waals surface area contributed by atoms with Crippen molar-refractivity contribution >= 4 is 35.1 Å². The second-order valence-electron chi connectivity index (χ2n) is 25.8. The molecule has 4 aliphatic rings. The quantitative estimate of drug-likeness (QED) is 0.156. The van der Waals surface area contributed by atoms with Crippen LogP contribution in [0.15, 0.2) is 23.3 Å². The maximum Gasteiger partial charge on any atom is 0.351 e. The topological polar surface area (TPSA) is 223 Å². The fourth-order valence-electron chi connectivity index (χ4n) is 12.9. The highest BCUT2D eigenvalue weighted by Crippen LogP contribution is 2.42. The molecule has 0 spiro atoms. The number of methoxy groups -OCH3 is 2. The highest BCUT2D eigenvalue weighted by molar-refractivity contribution is 6.08. The number of nitrogens with zero attached hydrogens (tertiary/aromatic N) is 2. The van der Waals surface area contributed by atoms with Crippen LogP contribution in [-0.2, 0) is 66.7 Å². The standard InChI is InChI=1S/C31H52FNO8.C31H53NO8/c1-13-23-29(7,37)15-17(2)24(34)18(3)16-30(8,38-12)26(21(6)25(35)31(9,32)28(36)40-23)41-27-20(5)22(33(10)11)14-19(4)39-27;1-13-24-30(8,36)15-17(2)25(33)18(3)16-31(9,37-12)27(21(6)26(34)22(7)28(35)39-24)40-29-20(5)23(32(10)11)14-19(4)38-29/h15,18-23,26-27,37H,13-14,16H2,1-12H3;15,18-24,27,29,36H,13-14,16H2,1-12H3/b2*17-15+/t18-,19?,20?,21+,22?,23-,26-,27?,29+,30-,31+;18-,19?,20?,21+,22-,23?,24-,27-,29?,30+,31-/m11/s1. The van der Waals surface area contributed by atoms with Crippen LogP contribution in [0.1, 0.15) is 163 Å². The summed E-state index contributed by atoms with van der Waals surface area (Å²) in [5.41, 5.74) is -8.12. The Morgan fingerprint density at radius 2 is 0.963 bits per heavy atom. The van der Waals surface area contributed by atoms with Gasteiger partial charge in [-0.1, -0.05) is 55.4 Å². The Hall–Kier alpha value is -3.37. The van der Waals surface area contributed by atoms with Crippen molar-refractivity contribution in [3.63, 3.8) is 0 Å². The molecule has 8 unspecified atom stereocenters. The summed E-state index contributed by atoms with van der Waals surface area (Å²) in [7, 11) is 11.0. The van der Waals surface area contributed by atoms with E-state index in [1.165, 1.54) is 47.0 Å². The summed E-state index contributed by atoms with van der Waals surface area (Å²) in [4.78, 5) is 85.2. The molecule has 18 nitrogen and oxygen atoms in total. The van der Waals surface area contributed by atoms with Crippen molar-refractivity contribution in [3.05, 3.63) is 23.3 Å². The van der Waals surface area contributed by atoms with Gasteiger partial charge in [0.15, 0.2) is 35.7 Å². The molecule has 0 bridgehead atoms. The predicted molar refractivity (Wildman–Crippen MR) is 305 cm³/mol. The Morgan fingerprint density at radius 3 is 1.31 bits per heavy atom. The van der Waals surface area contributed by atoms with Crippen molar-refractivity contribution in [2.75, 3.05) is 42.4 Å². The van der Waals surface area contributed by atoms with Crippen molar-refractivity contribution in [1.82, 2.24) is 9.80 Å². The number of allylic oxidation sites excluding steroid dienone is 2. The smallest absolute Gasteiger partial charge is 0.351 e. The number of halogens is 1. The number of cyclic esters (lactones) is 2. The molecule has 0 amide bonds. The van der Waals surface area contributed by atoms with E-state index in [0.29, 0.717) is 12.0 Å². The van der Waals surface area contributed by atoms with Gasteiger partial charge in [0, 0.05) is 61.8 Å². The molecule has 22 atom stereocenters. The number of hydrogen-bond donors (Lipinski definition) is 2. The monoisotopic (exact) mass is 1150 g/mol. The van der Waals surface area contributed by atoms with E-state index in [2.05, 4.69) is 16.7 Å². The van der Waals surface area contributed by atoms with Crippen molar-refractivity contribution < 1.29 is 81.3 Å². The highest BCUT2D eigenvalue weighted by Gasteiger charge is 2.55. The van der Waals surface area contributed by atoms with Crippen LogP contribution < -0.4 is 0 Å². The lowest BCUT2D eigenvalue weighted by molar-refractivity contribution is -0.281. The van der Waals surface area contributed by atoms with Crippen molar-refractivity contribution in [1.29, 1.82) is 0 Å². The lowest BCUT2D eigenvalue weighted by Gasteiger charge is -2.47. The van der Waals surface area contributed by atoms with Crippen molar-refractivity contribution in [2.24, 2.45) is 41.4 Å². The number of esters is 2. The Morgan fingerprint density at radius 1 is 0.605 bits per heavy atom.